The number of amides is 1. The van der Waals surface area contributed by atoms with Gasteiger partial charge in [-0.25, -0.2) is 23.7 Å². The van der Waals surface area contributed by atoms with E-state index >= 15 is 0 Å². The molecule has 9 heteroatoms. The molecule has 0 spiro atoms. The highest BCUT2D eigenvalue weighted by molar-refractivity contribution is 7.21. The Balaban J connectivity index is 1.25. The Morgan fingerprint density at radius 1 is 1.03 bits per heavy atom. The van der Waals surface area contributed by atoms with Crippen molar-refractivity contribution in [3.05, 3.63) is 84.2 Å². The number of aromatic nitrogens is 3. The molecule has 1 aliphatic rings. The van der Waals surface area contributed by atoms with Crippen molar-refractivity contribution in [1.29, 1.82) is 0 Å². The highest BCUT2D eigenvalue weighted by Crippen LogP contribution is 2.35. The first-order valence-corrected chi connectivity index (χ1v) is 12.4. The van der Waals surface area contributed by atoms with Gasteiger partial charge in [0, 0.05) is 36.7 Å². The van der Waals surface area contributed by atoms with Gasteiger partial charge in [0.2, 0.25) is 0 Å². The summed E-state index contributed by atoms with van der Waals surface area (Å²) in [5.74, 6) is -2.93. The third kappa shape index (κ3) is 4.55. The third-order valence-corrected chi connectivity index (χ3v) is 7.21. The minimum atomic E-state index is -2.62. The fourth-order valence-corrected chi connectivity index (χ4v) is 5.35. The van der Waals surface area contributed by atoms with E-state index in [1.165, 1.54) is 11.3 Å². The molecule has 0 radical (unpaired) electrons. The lowest BCUT2D eigenvalue weighted by Gasteiger charge is -2.15. The molecule has 4 heterocycles. The molecule has 1 amide bonds. The SMILES string of the molecule is O=C(Nc1ccccc1-c1nc2cc(CN3CCC(F)(F)C3)cnc2s1)c1ccc2ccccc2n1. The lowest BCUT2D eigenvalue weighted by Crippen LogP contribution is -2.24. The number of alkyl halides is 2. The van der Waals surface area contributed by atoms with Crippen molar-refractivity contribution in [3.63, 3.8) is 0 Å². The van der Waals surface area contributed by atoms with Gasteiger partial charge in [0.1, 0.15) is 21.0 Å². The molecule has 0 saturated carbocycles. The zero-order valence-electron chi connectivity index (χ0n) is 19.1. The molecule has 180 valence electrons. The Morgan fingerprint density at radius 2 is 1.86 bits per heavy atom. The summed E-state index contributed by atoms with van der Waals surface area (Å²) < 4.78 is 27.1. The van der Waals surface area contributed by atoms with Crippen LogP contribution < -0.4 is 5.32 Å². The number of nitrogens with one attached hydrogen (secondary N) is 1. The maximum atomic E-state index is 13.5. The number of benzene rings is 2. The number of hydrogen-bond acceptors (Lipinski definition) is 6. The van der Waals surface area contributed by atoms with Crippen molar-refractivity contribution in [2.24, 2.45) is 0 Å². The van der Waals surface area contributed by atoms with Gasteiger partial charge in [-0.1, -0.05) is 47.7 Å². The molecule has 0 unspecified atom stereocenters. The fourth-order valence-electron chi connectivity index (χ4n) is 4.42. The zero-order valence-corrected chi connectivity index (χ0v) is 19.9. The summed E-state index contributed by atoms with van der Waals surface area (Å²) in [5.41, 5.74) is 4.03. The van der Waals surface area contributed by atoms with Crippen LogP contribution in [0.1, 0.15) is 22.5 Å². The standard InChI is InChI=1S/C27H21F2N5OS/c28-27(29)11-12-34(16-27)15-17-13-23-26(30-14-17)36-25(33-23)19-6-2-4-8-21(19)32-24(35)22-10-9-18-5-1-3-7-20(18)31-22/h1-10,13-14H,11-12,15-16H2,(H,32,35). The average molecular weight is 502 g/mol. The van der Waals surface area contributed by atoms with Gasteiger partial charge in [-0.3, -0.25) is 9.69 Å². The third-order valence-electron chi connectivity index (χ3n) is 6.20. The Labute approximate surface area is 209 Å². The number of halogens is 2. The van der Waals surface area contributed by atoms with Gasteiger partial charge in [0.05, 0.1) is 17.7 Å². The van der Waals surface area contributed by atoms with Gasteiger partial charge in [-0.15, -0.1) is 0 Å². The molecule has 0 aliphatic carbocycles. The van der Waals surface area contributed by atoms with Crippen molar-refractivity contribution in [2.45, 2.75) is 18.9 Å². The average Bonchev–Trinajstić information content (AvgIpc) is 3.46. The lowest BCUT2D eigenvalue weighted by atomic mass is 10.1. The Hall–Kier alpha value is -3.82. The number of thiazole rings is 1. The fraction of sp³-hybridized carbons (Fsp3) is 0.185. The van der Waals surface area contributed by atoms with Crippen molar-refractivity contribution < 1.29 is 13.6 Å². The summed E-state index contributed by atoms with van der Waals surface area (Å²) in [4.78, 5) is 29.2. The number of likely N-dealkylation sites (tertiary alicyclic amines) is 1. The molecule has 1 fully saturated rings. The van der Waals surface area contributed by atoms with Crippen LogP contribution in [0, 0.1) is 0 Å². The number of pyridine rings is 2. The molecular weight excluding hydrogens is 480 g/mol. The molecular formula is C27H21F2N5OS. The number of carbonyl (C=O) groups excluding carboxylic acids is 1. The maximum Gasteiger partial charge on any atom is 0.274 e. The van der Waals surface area contributed by atoms with Crippen LogP contribution >= 0.6 is 11.3 Å². The van der Waals surface area contributed by atoms with E-state index in [1.54, 1.807) is 17.2 Å². The highest BCUT2D eigenvalue weighted by Gasteiger charge is 2.37. The molecule has 1 saturated heterocycles. The molecule has 1 N–H and O–H groups in total. The molecule has 36 heavy (non-hydrogen) atoms. The van der Waals surface area contributed by atoms with Gasteiger partial charge in [0.25, 0.3) is 11.8 Å². The van der Waals surface area contributed by atoms with Crippen molar-refractivity contribution >= 4 is 44.2 Å². The van der Waals surface area contributed by atoms with Crippen LogP contribution in [0.2, 0.25) is 0 Å². The summed E-state index contributed by atoms with van der Waals surface area (Å²) in [5, 5.41) is 4.65. The minimum Gasteiger partial charge on any atom is -0.320 e. The second-order valence-electron chi connectivity index (χ2n) is 8.89. The quantitative estimate of drug-likeness (QED) is 0.320. The van der Waals surface area contributed by atoms with Crippen LogP contribution in [-0.2, 0) is 6.54 Å². The lowest BCUT2D eigenvalue weighted by molar-refractivity contribution is 0.0115. The molecule has 1 aliphatic heterocycles. The van der Waals surface area contributed by atoms with E-state index in [0.29, 0.717) is 35.0 Å². The van der Waals surface area contributed by atoms with E-state index in [1.807, 2.05) is 60.7 Å². The second kappa shape index (κ2) is 9.00. The van der Waals surface area contributed by atoms with Gasteiger partial charge in [0.15, 0.2) is 0 Å². The summed E-state index contributed by atoms with van der Waals surface area (Å²) in [7, 11) is 0. The normalized spacial score (nSPS) is 15.5. The largest absolute Gasteiger partial charge is 0.320 e. The van der Waals surface area contributed by atoms with Gasteiger partial charge >= 0.3 is 0 Å². The predicted molar refractivity (Wildman–Crippen MR) is 137 cm³/mol. The summed E-state index contributed by atoms with van der Waals surface area (Å²) in [6.07, 6.45) is 1.61. The van der Waals surface area contributed by atoms with Crippen LogP contribution in [0.15, 0.2) is 72.9 Å². The minimum absolute atomic E-state index is 0.110. The van der Waals surface area contributed by atoms with E-state index in [0.717, 1.165) is 26.9 Å². The number of para-hydroxylation sites is 2. The topological polar surface area (TPSA) is 71.0 Å². The van der Waals surface area contributed by atoms with Gasteiger partial charge in [-0.05, 0) is 35.9 Å². The zero-order chi connectivity index (χ0) is 24.7. The molecule has 5 aromatic rings. The van der Waals surface area contributed by atoms with Crippen LogP contribution in [0.25, 0.3) is 31.8 Å². The number of hydrogen-bond donors (Lipinski definition) is 1. The van der Waals surface area contributed by atoms with Crippen molar-refractivity contribution in [2.75, 3.05) is 18.4 Å². The molecule has 0 atom stereocenters. The number of nitrogens with zero attached hydrogens (tertiary/aromatic N) is 4. The van der Waals surface area contributed by atoms with Crippen molar-refractivity contribution in [1.82, 2.24) is 19.9 Å². The molecule has 2 aromatic carbocycles. The first-order chi connectivity index (χ1) is 17.4. The summed E-state index contributed by atoms with van der Waals surface area (Å²) >= 11 is 1.42. The van der Waals surface area contributed by atoms with E-state index in [9.17, 15) is 13.6 Å². The van der Waals surface area contributed by atoms with Crippen molar-refractivity contribution in [3.8, 4) is 10.6 Å². The summed E-state index contributed by atoms with van der Waals surface area (Å²) in [6, 6.07) is 20.6. The van der Waals surface area contributed by atoms with Crippen LogP contribution in [0.5, 0.6) is 0 Å². The molecule has 3 aromatic heterocycles. The molecule has 0 bridgehead atoms. The number of carbonyl (C=O) groups is 1. The molecule has 6 rings (SSSR count). The van der Waals surface area contributed by atoms with E-state index in [4.69, 9.17) is 4.98 Å². The smallest absolute Gasteiger partial charge is 0.274 e. The maximum absolute atomic E-state index is 13.5. The monoisotopic (exact) mass is 501 g/mol. The predicted octanol–water partition coefficient (Wildman–Crippen LogP) is 6.00. The first-order valence-electron chi connectivity index (χ1n) is 11.6. The summed E-state index contributed by atoms with van der Waals surface area (Å²) in [6.45, 7) is 0.551. The van der Waals surface area contributed by atoms with Crippen LogP contribution in [-0.4, -0.2) is 44.8 Å². The van der Waals surface area contributed by atoms with E-state index < -0.39 is 5.92 Å². The van der Waals surface area contributed by atoms with Gasteiger partial charge < -0.3 is 5.32 Å². The van der Waals surface area contributed by atoms with Gasteiger partial charge in [-0.2, -0.15) is 0 Å². The Bertz CT molecular complexity index is 1600. The van der Waals surface area contributed by atoms with Crippen LogP contribution in [0.4, 0.5) is 14.5 Å². The Kier molecular flexibility index (Phi) is 5.66. The number of anilines is 1. The second-order valence-corrected chi connectivity index (χ2v) is 9.87. The first kappa shape index (κ1) is 22.6. The Morgan fingerprint density at radius 3 is 2.72 bits per heavy atom. The molecule has 6 nitrogen and oxygen atoms in total. The van der Waals surface area contributed by atoms with E-state index in [-0.39, 0.29) is 18.9 Å². The van der Waals surface area contributed by atoms with Crippen LogP contribution in [0.3, 0.4) is 0 Å². The number of fused-ring (bicyclic) bond motifs is 2. The van der Waals surface area contributed by atoms with E-state index in [2.05, 4.69) is 15.3 Å². The highest BCUT2D eigenvalue weighted by atomic mass is 32.1. The number of rotatable bonds is 5.